The number of carbonyl (C=O) groups is 2. The van der Waals surface area contributed by atoms with Crippen LogP contribution in [0.15, 0.2) is 62.7 Å². The fraction of sp³-hybridized carbons (Fsp3) is 0.233. The molecule has 0 fully saturated rings. The van der Waals surface area contributed by atoms with Gasteiger partial charge in [0.1, 0.15) is 5.88 Å². The number of benzene rings is 2. The number of halogens is 3. The van der Waals surface area contributed by atoms with Crippen molar-refractivity contribution in [3.05, 3.63) is 83.9 Å². The monoisotopic (exact) mass is 819 g/mol. The first kappa shape index (κ1) is 40.5. The highest BCUT2D eigenvalue weighted by Gasteiger charge is 2.09. The molecule has 0 unspecified atom stereocenters. The number of imidazole rings is 1. The molecule has 0 amide bonds. The minimum Gasteiger partial charge on any atom is -0.504 e. The minimum absolute atomic E-state index is 0. The third kappa shape index (κ3) is 12.0. The number of ether oxygens (including phenoxy) is 3. The SMILES string of the molecule is C.CCOC(=O)CCl.COc1cc(/C=c2\sc3nccn3c2=O)c(Br)cc1O.COc1cc(C=O)c(Br)cc1O.S=C1CC=CN1. The van der Waals surface area contributed by atoms with Gasteiger partial charge in [-0.1, -0.05) is 53.0 Å². The summed E-state index contributed by atoms with van der Waals surface area (Å²) in [6.45, 7) is 2.15. The summed E-state index contributed by atoms with van der Waals surface area (Å²) in [5.41, 5.74) is 1.09. The van der Waals surface area contributed by atoms with Gasteiger partial charge in [-0.05, 0) is 65.0 Å². The molecule has 1 aliphatic heterocycles. The van der Waals surface area contributed by atoms with E-state index in [0.717, 1.165) is 17.0 Å². The lowest BCUT2D eigenvalue weighted by atomic mass is 10.2. The van der Waals surface area contributed by atoms with Crippen LogP contribution in [0.3, 0.4) is 0 Å². The van der Waals surface area contributed by atoms with Crippen molar-refractivity contribution in [1.82, 2.24) is 14.7 Å². The Hall–Kier alpha value is -3.50. The largest absolute Gasteiger partial charge is 0.504 e. The molecule has 0 spiro atoms. The summed E-state index contributed by atoms with van der Waals surface area (Å²) in [5.74, 6) is 0.293. The summed E-state index contributed by atoms with van der Waals surface area (Å²) in [7, 11) is 2.91. The molecule has 0 saturated carbocycles. The zero-order valence-electron chi connectivity index (χ0n) is 24.1. The highest BCUT2D eigenvalue weighted by atomic mass is 79.9. The molecule has 1 aliphatic rings. The van der Waals surface area contributed by atoms with Crippen LogP contribution in [0.4, 0.5) is 0 Å². The van der Waals surface area contributed by atoms with Crippen LogP contribution in [-0.4, -0.2) is 63.5 Å². The zero-order valence-corrected chi connectivity index (χ0v) is 29.6. The first-order chi connectivity index (χ1) is 21.5. The van der Waals surface area contributed by atoms with Crippen molar-refractivity contribution in [3.63, 3.8) is 0 Å². The lowest BCUT2D eigenvalue weighted by molar-refractivity contribution is -0.140. The predicted molar refractivity (Wildman–Crippen MR) is 192 cm³/mol. The van der Waals surface area contributed by atoms with Crippen molar-refractivity contribution >= 4 is 95.3 Å². The van der Waals surface area contributed by atoms with Crippen molar-refractivity contribution in [2.45, 2.75) is 20.8 Å². The van der Waals surface area contributed by atoms with Crippen molar-refractivity contribution in [2.24, 2.45) is 0 Å². The zero-order chi connectivity index (χ0) is 33.5. The van der Waals surface area contributed by atoms with Crippen molar-refractivity contribution in [2.75, 3.05) is 26.7 Å². The third-order valence-corrected chi connectivity index (χ3v) is 8.20. The molecule has 0 radical (unpaired) electrons. The fourth-order valence-corrected chi connectivity index (χ4v) is 5.27. The van der Waals surface area contributed by atoms with Gasteiger partial charge < -0.3 is 29.7 Å². The summed E-state index contributed by atoms with van der Waals surface area (Å²) in [6, 6.07) is 6.09. The number of aromatic nitrogens is 2. The van der Waals surface area contributed by atoms with Gasteiger partial charge in [-0.25, -0.2) is 4.98 Å². The van der Waals surface area contributed by atoms with Crippen LogP contribution in [0.1, 0.15) is 36.7 Å². The van der Waals surface area contributed by atoms with E-state index in [4.69, 9.17) is 33.3 Å². The highest BCUT2D eigenvalue weighted by Crippen LogP contribution is 2.33. The van der Waals surface area contributed by atoms with E-state index in [1.807, 2.05) is 12.3 Å². The Bertz CT molecular complexity index is 1770. The van der Waals surface area contributed by atoms with Gasteiger partial charge in [-0.15, -0.1) is 11.6 Å². The van der Waals surface area contributed by atoms with Crippen LogP contribution >= 0.6 is 67.0 Å². The van der Waals surface area contributed by atoms with Crippen LogP contribution in [0.25, 0.3) is 11.0 Å². The number of aldehydes is 1. The first-order valence-corrected chi connectivity index (χ1v) is 16.1. The molecular formula is C30H32Br2ClN3O8S2. The number of aromatic hydroxyl groups is 2. The number of methoxy groups -OCH3 is 2. The molecule has 11 nitrogen and oxygen atoms in total. The van der Waals surface area contributed by atoms with Crippen molar-refractivity contribution in [3.8, 4) is 23.0 Å². The normalized spacial score (nSPS) is 11.4. The number of nitrogens with zero attached hydrogens (tertiary/aromatic N) is 2. The molecule has 3 heterocycles. The number of hydrogen-bond donors (Lipinski definition) is 3. The average molecular weight is 822 g/mol. The molecule has 0 saturated heterocycles. The molecule has 0 atom stereocenters. The summed E-state index contributed by atoms with van der Waals surface area (Å²) in [4.78, 5) is 38.3. The van der Waals surface area contributed by atoms with Crippen molar-refractivity contribution in [1.29, 1.82) is 0 Å². The number of rotatable bonds is 6. The second-order valence-electron chi connectivity index (χ2n) is 8.32. The molecule has 3 N–H and O–H groups in total. The van der Waals surface area contributed by atoms with E-state index in [-0.39, 0.29) is 36.3 Å². The molecule has 5 rings (SSSR count). The van der Waals surface area contributed by atoms with Gasteiger partial charge in [0.05, 0.1) is 30.3 Å². The third-order valence-electron chi connectivity index (χ3n) is 5.33. The number of thiocarbonyl (C=S) groups is 1. The maximum Gasteiger partial charge on any atom is 0.320 e. The maximum absolute atomic E-state index is 12.1. The maximum atomic E-state index is 12.1. The number of phenols is 2. The standard InChI is InChI=1S/C13H9BrN2O3S.C8H7BrO3.C4H7ClO2.C4H5NS.CH4/c1-19-10-4-7(8(14)6-9(10)17)5-11-12(18)16-3-2-15-13(16)20-11;1-12-8-2-5(4-10)6(9)3-7(8)11;1-2-7-4(6)3-5;6-4-2-1-3-5-4;/h2-6,17H,1H3;2-4,11H,1H3;2-3H2,1H3;1,3H,2H2,(H,5,6);1H4/b11-5-;;;;. The average Bonchev–Trinajstić information content (AvgIpc) is 3.76. The molecule has 2 aromatic heterocycles. The van der Waals surface area contributed by atoms with E-state index >= 15 is 0 Å². The Morgan fingerprint density at radius 1 is 1.13 bits per heavy atom. The van der Waals surface area contributed by atoms with Gasteiger partial charge in [0.2, 0.25) is 0 Å². The van der Waals surface area contributed by atoms with E-state index in [9.17, 15) is 24.6 Å². The van der Waals surface area contributed by atoms with E-state index in [1.165, 1.54) is 48.2 Å². The summed E-state index contributed by atoms with van der Waals surface area (Å²) >= 11 is 17.6. The van der Waals surface area contributed by atoms with Crippen LogP contribution in [-0.2, 0) is 9.53 Å². The number of nitrogens with one attached hydrogen (secondary N) is 1. The number of fused-ring (bicyclic) bond motifs is 1. The van der Waals surface area contributed by atoms with Crippen molar-refractivity contribution < 1.29 is 34.0 Å². The molecule has 248 valence electrons. The first-order valence-electron chi connectivity index (χ1n) is 12.7. The molecular weight excluding hydrogens is 790 g/mol. The Morgan fingerprint density at radius 2 is 1.72 bits per heavy atom. The number of esters is 1. The molecule has 0 aliphatic carbocycles. The lowest BCUT2D eigenvalue weighted by Crippen LogP contribution is -2.22. The summed E-state index contributed by atoms with van der Waals surface area (Å²) in [5, 5.41) is 21.8. The Labute approximate surface area is 296 Å². The topological polar surface area (TPSA) is 149 Å². The Kier molecular flexibility index (Phi) is 18.1. The number of hydrogen-bond acceptors (Lipinski definition) is 11. The molecule has 46 heavy (non-hydrogen) atoms. The molecule has 4 aromatic rings. The van der Waals surface area contributed by atoms with Crippen LogP contribution in [0.2, 0.25) is 0 Å². The van der Waals surface area contributed by atoms with Crippen LogP contribution in [0.5, 0.6) is 23.0 Å². The van der Waals surface area contributed by atoms with E-state index in [0.29, 0.717) is 48.4 Å². The number of thiazole rings is 1. The molecule has 2 aromatic carbocycles. The lowest BCUT2D eigenvalue weighted by Gasteiger charge is -2.05. The minimum atomic E-state index is -0.357. The number of phenolic OH excluding ortho intramolecular Hbond substituents is 2. The van der Waals surface area contributed by atoms with Gasteiger partial charge in [-0.3, -0.25) is 18.8 Å². The van der Waals surface area contributed by atoms with Gasteiger partial charge in [-0.2, -0.15) is 0 Å². The molecule has 16 heteroatoms. The van der Waals surface area contributed by atoms with Crippen LogP contribution < -0.4 is 24.9 Å². The smallest absolute Gasteiger partial charge is 0.320 e. The van der Waals surface area contributed by atoms with E-state index < -0.39 is 0 Å². The predicted octanol–water partition coefficient (Wildman–Crippen LogP) is 6.00. The second-order valence-corrected chi connectivity index (χ2v) is 11.8. The fourth-order valence-electron chi connectivity index (χ4n) is 3.23. The number of alkyl halides is 1. The summed E-state index contributed by atoms with van der Waals surface area (Å²) in [6.07, 6.45) is 10.5. The summed E-state index contributed by atoms with van der Waals surface area (Å²) < 4.78 is 17.6. The van der Waals surface area contributed by atoms with Gasteiger partial charge in [0, 0.05) is 33.3 Å². The highest BCUT2D eigenvalue weighted by molar-refractivity contribution is 9.10. The van der Waals surface area contributed by atoms with E-state index in [2.05, 4.69) is 46.9 Å². The Morgan fingerprint density at radius 3 is 2.13 bits per heavy atom. The van der Waals surface area contributed by atoms with Gasteiger partial charge >= 0.3 is 5.97 Å². The molecule has 0 bridgehead atoms. The quantitative estimate of drug-likeness (QED) is 0.0911. The number of carbonyl (C=O) groups excluding carboxylic acids is 2. The van der Waals surface area contributed by atoms with Gasteiger partial charge in [0.15, 0.2) is 34.2 Å². The Balaban J connectivity index is 0.000000346. The van der Waals surface area contributed by atoms with Crippen LogP contribution in [0, 0.1) is 0 Å². The van der Waals surface area contributed by atoms with E-state index in [1.54, 1.807) is 31.5 Å². The van der Waals surface area contributed by atoms with Gasteiger partial charge in [0.25, 0.3) is 5.56 Å². The second kappa shape index (κ2) is 20.6.